The number of nitrogens with zero attached hydrogens (tertiary/aromatic N) is 2. The normalized spacial score (nSPS) is 10.4. The molecule has 0 bridgehead atoms. The molecule has 0 aromatic heterocycles. The fraction of sp³-hybridized carbons (Fsp3) is 0.0714. The van der Waals surface area contributed by atoms with Gasteiger partial charge >= 0.3 is 29.6 Å². The van der Waals surface area contributed by atoms with Gasteiger partial charge in [0.2, 0.25) is 0 Å². The van der Waals surface area contributed by atoms with E-state index < -0.39 is 11.6 Å². The van der Waals surface area contributed by atoms with Gasteiger partial charge in [-0.05, 0) is 53.1 Å². The second kappa shape index (κ2) is 26.1. The van der Waals surface area contributed by atoms with Gasteiger partial charge in [0.15, 0.2) is 0 Å². The zero-order chi connectivity index (χ0) is 36.0. The van der Waals surface area contributed by atoms with Crippen molar-refractivity contribution < 1.29 is 43.1 Å². The quantitative estimate of drug-likeness (QED) is 0.0141. The summed E-state index contributed by atoms with van der Waals surface area (Å²) in [4.78, 5) is 8.65. The number of aliphatic imine (C=N–C) groups is 2. The third-order valence-corrected chi connectivity index (χ3v) is 8.39. The summed E-state index contributed by atoms with van der Waals surface area (Å²) in [6.45, 7) is 1.29. The van der Waals surface area contributed by atoms with Crippen molar-refractivity contribution in [2.24, 2.45) is 21.6 Å². The molecular weight excluding hydrogens is 787 g/mol. The van der Waals surface area contributed by atoms with Crippen molar-refractivity contribution in [3.63, 3.8) is 0 Å². The molecule has 290 valence electrons. The molecular formula is C42H49BrF2N9NaO. The third-order valence-electron chi connectivity index (χ3n) is 7.70. The second-order valence-electron chi connectivity index (χ2n) is 11.0. The van der Waals surface area contributed by atoms with Gasteiger partial charge in [-0.3, -0.25) is 0 Å². The van der Waals surface area contributed by atoms with Crippen molar-refractivity contribution in [3.8, 4) is 22.3 Å². The first-order valence-electron chi connectivity index (χ1n) is 16.1. The van der Waals surface area contributed by atoms with Crippen LogP contribution in [0, 0.1) is 19.1 Å². The summed E-state index contributed by atoms with van der Waals surface area (Å²) in [5, 5.41) is 3.37. The molecule has 15 N–H and O–H groups in total. The second-order valence-corrected chi connectivity index (χ2v) is 11.9. The van der Waals surface area contributed by atoms with E-state index in [2.05, 4.69) is 36.7 Å². The van der Waals surface area contributed by atoms with E-state index in [4.69, 9.17) is 16.3 Å². The van der Waals surface area contributed by atoms with E-state index in [0.29, 0.717) is 19.0 Å². The summed E-state index contributed by atoms with van der Waals surface area (Å²) in [7, 11) is 1.67. The van der Waals surface area contributed by atoms with Crippen LogP contribution in [0.25, 0.3) is 22.3 Å². The van der Waals surface area contributed by atoms with Crippen molar-refractivity contribution in [3.05, 3.63) is 180 Å². The molecule has 0 aliphatic heterocycles. The number of hydrogen-bond acceptors (Lipinski definition) is 8. The van der Waals surface area contributed by atoms with Crippen LogP contribution in [-0.2, 0) is 4.74 Å². The fourth-order valence-electron chi connectivity index (χ4n) is 5.27. The number of nitrogens with two attached hydrogens (primary N) is 2. The van der Waals surface area contributed by atoms with Gasteiger partial charge in [-0.1, -0.05) is 125 Å². The molecule has 56 heavy (non-hydrogen) atoms. The Hall–Kier alpha value is -4.80. The Morgan fingerprint density at radius 1 is 0.625 bits per heavy atom. The zero-order valence-electron chi connectivity index (χ0n) is 32.0. The molecule has 0 aliphatic rings. The molecule has 14 heteroatoms. The van der Waals surface area contributed by atoms with Crippen LogP contribution in [0.5, 0.6) is 0 Å². The summed E-state index contributed by atoms with van der Waals surface area (Å²) >= 11 is 3.57. The Labute approximate surface area is 359 Å². The number of hydrazine groups is 1. The monoisotopic (exact) mass is 835 g/mol. The van der Waals surface area contributed by atoms with Crippen molar-refractivity contribution in [1.29, 1.82) is 0 Å². The molecule has 6 aromatic carbocycles. The minimum Gasteiger partial charge on any atom is -0.383 e. The summed E-state index contributed by atoms with van der Waals surface area (Å²) in [5.74, 6) is 5.53. The Kier molecular flexibility index (Phi) is 23.9. The number of hydrogen-bond donors (Lipinski definition) is 7. The van der Waals surface area contributed by atoms with Gasteiger partial charge in [0, 0.05) is 40.5 Å². The first-order chi connectivity index (χ1) is 24.9. The number of ether oxygens (including phenoxy) is 1. The fourth-order valence-corrected chi connectivity index (χ4v) is 5.77. The van der Waals surface area contributed by atoms with Crippen LogP contribution in [0.1, 0.15) is 11.1 Å². The van der Waals surface area contributed by atoms with E-state index in [0.717, 1.165) is 43.5 Å². The smallest absolute Gasteiger partial charge is 0.383 e. The van der Waals surface area contributed by atoms with Crippen LogP contribution in [0.2, 0.25) is 0 Å². The predicted molar refractivity (Wildman–Crippen MR) is 230 cm³/mol. The largest absolute Gasteiger partial charge is 1.00 e. The number of halogens is 3. The maximum absolute atomic E-state index is 13.9. The minimum atomic E-state index is -0.403. The van der Waals surface area contributed by atoms with Gasteiger partial charge < -0.3 is 47.1 Å². The summed E-state index contributed by atoms with van der Waals surface area (Å²) in [6.07, 6.45) is 0. The van der Waals surface area contributed by atoms with Gasteiger partial charge in [0.1, 0.15) is 34.7 Å². The molecule has 0 spiro atoms. The van der Waals surface area contributed by atoms with Gasteiger partial charge in [0.05, 0.1) is 6.61 Å². The maximum atomic E-state index is 13.9. The Morgan fingerprint density at radius 2 is 1.07 bits per heavy atom. The van der Waals surface area contributed by atoms with E-state index in [1.54, 1.807) is 43.5 Å². The molecule has 0 saturated carbocycles. The molecule has 6 rings (SSSR count). The van der Waals surface area contributed by atoms with Crippen molar-refractivity contribution in [1.82, 2.24) is 23.9 Å². The van der Waals surface area contributed by atoms with Gasteiger partial charge in [-0.2, -0.15) is 0 Å². The Balaban J connectivity index is 0.000000997. The van der Waals surface area contributed by atoms with Gasteiger partial charge in [-0.25, -0.2) is 24.6 Å². The Bertz CT molecular complexity index is 2150. The number of anilines is 1. The number of nitrogens with one attached hydrogen (secondary N) is 2. The maximum Gasteiger partial charge on any atom is 1.00 e. The topological polar surface area (TPSA) is 215 Å². The molecule has 0 amide bonds. The molecule has 0 heterocycles. The van der Waals surface area contributed by atoms with E-state index in [1.807, 2.05) is 97.1 Å². The average molecular weight is 837 g/mol. The zero-order valence-corrected chi connectivity index (χ0v) is 35.6. The first-order valence-corrected chi connectivity index (χ1v) is 16.8. The number of amidine groups is 2. The summed E-state index contributed by atoms with van der Waals surface area (Å²) < 4.78 is 33.9. The van der Waals surface area contributed by atoms with Crippen molar-refractivity contribution in [2.45, 2.75) is 0 Å². The predicted octanol–water partition coefficient (Wildman–Crippen LogP) is 7.33. The van der Waals surface area contributed by atoms with Crippen molar-refractivity contribution in [2.75, 3.05) is 25.6 Å². The van der Waals surface area contributed by atoms with Crippen LogP contribution in [-0.4, -0.2) is 31.9 Å². The van der Waals surface area contributed by atoms with Crippen LogP contribution in [0.3, 0.4) is 0 Å². The number of rotatable bonds is 10. The molecule has 0 atom stereocenters. The van der Waals surface area contributed by atoms with Crippen LogP contribution in [0.15, 0.2) is 160 Å². The minimum absolute atomic E-state index is 0. The summed E-state index contributed by atoms with van der Waals surface area (Å²) in [6, 6.07) is 43.9. The van der Waals surface area contributed by atoms with E-state index in [-0.39, 0.29) is 72.6 Å². The first kappa shape index (κ1) is 51.2. The molecule has 10 nitrogen and oxygen atoms in total. The molecule has 0 fully saturated rings. The molecule has 0 radical (unpaired) electrons. The SMILES string of the molecule is COCCNc1ccccc1-c1ccccc1C(N)=Nc1ccccc1F.N.N.N.NNC(=Nc1ccccc1F)c1ccccc1-c1ccccc1Br.[CH3-].[Na+]. The van der Waals surface area contributed by atoms with E-state index in [1.165, 1.54) is 12.1 Å². The number of methoxy groups -OCH3 is 1. The van der Waals surface area contributed by atoms with Crippen LogP contribution >= 0.6 is 15.9 Å². The third kappa shape index (κ3) is 13.4. The van der Waals surface area contributed by atoms with Crippen LogP contribution < -0.4 is 70.3 Å². The summed E-state index contributed by atoms with van der Waals surface area (Å²) in [5.41, 5.74) is 15.7. The number of benzene rings is 6. The standard InChI is InChI=1S/C22H22FN3O.C19H15BrFN3.CH3.3H3N.Na/c1-27-15-14-25-20-12-6-4-9-17(20)16-8-2-3-10-18(16)22(24)26-21-13-7-5-11-19(21)23;20-16-10-4-3-8-14(16)13-7-1-2-9-15(13)19(24-22)23-18-12-6-5-11-17(18)21;;;;;/h2-13,25H,14-15H2,1H3,(H2,24,26);1-12H,22H2,(H,23,24);4*1H3;/q;;-1;;;;+1. The molecule has 0 aliphatic carbocycles. The van der Waals surface area contributed by atoms with Crippen molar-refractivity contribution >= 4 is 44.7 Å². The van der Waals surface area contributed by atoms with Gasteiger partial charge in [-0.15, -0.1) is 0 Å². The average Bonchev–Trinajstić information content (AvgIpc) is 3.16. The van der Waals surface area contributed by atoms with Gasteiger partial charge in [0.25, 0.3) is 0 Å². The Morgan fingerprint density at radius 3 is 1.62 bits per heavy atom. The number of para-hydroxylation sites is 3. The van der Waals surface area contributed by atoms with Crippen LogP contribution in [0.4, 0.5) is 25.8 Å². The molecule has 0 saturated heterocycles. The molecule has 0 unspecified atom stereocenters. The van der Waals surface area contributed by atoms with E-state index >= 15 is 0 Å². The molecule has 6 aromatic rings. The van der Waals surface area contributed by atoms with E-state index in [9.17, 15) is 8.78 Å².